The van der Waals surface area contributed by atoms with Crippen molar-refractivity contribution >= 4 is 62.8 Å². The second-order valence-corrected chi connectivity index (χ2v) is 27.9. The molecule has 4 fully saturated rings. The number of fused-ring (bicyclic) bond motifs is 2. The second-order valence-electron chi connectivity index (χ2n) is 27.1. The molecule has 0 radical (unpaired) electrons. The molecule has 8 aromatic rings. The number of Topliss-reactive ketones (excluding diaryl/α,β-unsaturated/α-hetero) is 1. The van der Waals surface area contributed by atoms with Crippen LogP contribution in [0.1, 0.15) is 112 Å². The molecule has 0 bridgehead atoms. The number of alkyl carbamates (subject to hydrolysis) is 2. The van der Waals surface area contributed by atoms with Crippen LogP contribution in [0.25, 0.3) is 57.0 Å². The Morgan fingerprint density at radius 1 is 0.606 bits per heavy atom. The number of nitrogens with one attached hydrogen (secondary N) is 3. The number of carboxylic acids is 1. The number of aryl methyl sites for hydroxylation is 2. The Balaban J connectivity index is 0.000000190. The zero-order valence-electron chi connectivity index (χ0n) is 61.9. The molecule has 0 saturated carbocycles. The first kappa shape index (κ1) is 82.6. The third-order valence-electron chi connectivity index (χ3n) is 16.7. The van der Waals surface area contributed by atoms with E-state index >= 15 is 0 Å². The van der Waals surface area contributed by atoms with Gasteiger partial charge in [-0.1, -0.05) is 15.9 Å². The average Bonchev–Trinajstić information content (AvgIpc) is 1.32. The lowest BCUT2D eigenvalue weighted by Gasteiger charge is -2.24. The van der Waals surface area contributed by atoms with Crippen LogP contribution >= 0.6 is 15.9 Å². The number of aromatic nitrogens is 10. The van der Waals surface area contributed by atoms with E-state index < -0.39 is 17.2 Å². The second kappa shape index (κ2) is 40.6. The Bertz CT molecular complexity index is 3950. The summed E-state index contributed by atoms with van der Waals surface area (Å²) in [5, 5.41) is 18.5. The van der Waals surface area contributed by atoms with Crippen LogP contribution in [-0.4, -0.2) is 253 Å². The van der Waals surface area contributed by atoms with Crippen LogP contribution in [-0.2, 0) is 28.4 Å². The molecule has 32 nitrogen and oxygen atoms in total. The van der Waals surface area contributed by atoms with Gasteiger partial charge in [0.15, 0.2) is 34.5 Å². The third-order valence-corrected chi connectivity index (χ3v) is 17.1. The SMILES string of the molecule is CC(C)(C)OC(=O)NCCBr.CN(CCN)C1CCOC1.CN(CCNC(=O)OC(C)(C)C)C1CCOC1.CNC1CCOC1.Cc1cnc2ccc(-c3nc(C(=O)CCCN(C)C4CCOC4)c(N)nc3-c3ncco3)cn12.Cc1cnc2ccc(-c3nc(C(=O)O)c(N)nc3-c3ncco3)cn12. The number of aromatic carboxylic acids is 1. The number of amides is 2. The molecule has 12 rings (SSSR count). The summed E-state index contributed by atoms with van der Waals surface area (Å²) in [6.45, 7) is 26.3. The first-order valence-corrected chi connectivity index (χ1v) is 35.9. The zero-order valence-corrected chi connectivity index (χ0v) is 63.4. The van der Waals surface area contributed by atoms with Gasteiger partial charge in [0.1, 0.15) is 52.1 Å². The summed E-state index contributed by atoms with van der Waals surface area (Å²) >= 11 is 3.19. The fourth-order valence-corrected chi connectivity index (χ4v) is 11.2. The van der Waals surface area contributed by atoms with Crippen LogP contribution in [0.3, 0.4) is 0 Å². The van der Waals surface area contributed by atoms with Gasteiger partial charge >= 0.3 is 18.2 Å². The molecular formula is C71H104BrN19O13. The number of nitrogens with zero attached hydrogens (tertiary/aromatic N) is 13. The van der Waals surface area contributed by atoms with Crippen LogP contribution in [0, 0.1) is 13.8 Å². The van der Waals surface area contributed by atoms with E-state index in [0.717, 1.165) is 132 Å². The molecule has 12 heterocycles. The number of anilines is 2. The number of nitrogen functional groups attached to an aromatic ring is 2. The van der Waals surface area contributed by atoms with Crippen molar-refractivity contribution in [3.63, 3.8) is 0 Å². The Kier molecular flexibility index (Phi) is 32.2. The highest BCUT2D eigenvalue weighted by Crippen LogP contribution is 2.33. The molecule has 4 saturated heterocycles. The Morgan fingerprint density at radius 3 is 1.44 bits per heavy atom. The van der Waals surface area contributed by atoms with E-state index in [1.165, 1.54) is 31.3 Å². The average molecular weight is 1510 g/mol. The zero-order chi connectivity index (χ0) is 75.5. The number of oxazole rings is 2. The number of rotatable bonds is 21. The van der Waals surface area contributed by atoms with Crippen molar-refractivity contribution in [1.29, 1.82) is 0 Å². The minimum absolute atomic E-state index is 0.0689. The molecule has 4 unspecified atom stereocenters. The van der Waals surface area contributed by atoms with E-state index in [-0.39, 0.29) is 58.5 Å². The number of alkyl halides is 1. The van der Waals surface area contributed by atoms with Gasteiger partial charge in [-0.2, -0.15) is 0 Å². The first-order chi connectivity index (χ1) is 49.7. The van der Waals surface area contributed by atoms with Gasteiger partial charge in [-0.05, 0) is 146 Å². The molecule has 8 aromatic heterocycles. The van der Waals surface area contributed by atoms with Crippen LogP contribution in [0.4, 0.5) is 21.2 Å². The topological polar surface area (TPSA) is 406 Å². The number of carbonyl (C=O) groups excluding carboxylic acids is 3. The minimum atomic E-state index is -1.26. The van der Waals surface area contributed by atoms with E-state index in [1.807, 2.05) is 89.6 Å². The van der Waals surface area contributed by atoms with Crippen LogP contribution in [0.15, 0.2) is 82.8 Å². The molecule has 0 aromatic carbocycles. The number of hydrogen-bond donors (Lipinski definition) is 7. The number of hydrogen-bond acceptors (Lipinski definition) is 27. The Labute approximate surface area is 615 Å². The molecule has 4 aliphatic heterocycles. The quantitative estimate of drug-likeness (QED) is 0.0266. The number of imidazole rings is 2. The van der Waals surface area contributed by atoms with E-state index in [0.29, 0.717) is 72.7 Å². The summed E-state index contributed by atoms with van der Waals surface area (Å²) in [5.74, 6) is -1.04. The maximum Gasteiger partial charge on any atom is 0.407 e. The summed E-state index contributed by atoms with van der Waals surface area (Å²) in [7, 11) is 8.19. The number of carboxylic acid groups (broad SMARTS) is 1. The fraction of sp³-hybridized carbons (Fsp3) is 0.549. The third kappa shape index (κ3) is 25.6. The monoisotopic (exact) mass is 1510 g/mol. The van der Waals surface area contributed by atoms with Gasteiger partial charge in [-0.15, -0.1) is 0 Å². The minimum Gasteiger partial charge on any atom is -0.476 e. The van der Waals surface area contributed by atoms with E-state index in [9.17, 15) is 24.3 Å². The molecular weight excluding hydrogens is 1410 g/mol. The van der Waals surface area contributed by atoms with Crippen LogP contribution in [0.5, 0.6) is 0 Å². The van der Waals surface area contributed by atoms with Crippen molar-refractivity contribution in [2.24, 2.45) is 5.73 Å². The first-order valence-electron chi connectivity index (χ1n) is 34.7. The summed E-state index contributed by atoms with van der Waals surface area (Å²) in [6, 6.07) is 9.50. The maximum atomic E-state index is 13.1. The Morgan fingerprint density at radius 2 is 1.05 bits per heavy atom. The van der Waals surface area contributed by atoms with Crippen molar-refractivity contribution in [3.8, 4) is 45.7 Å². The molecule has 104 heavy (non-hydrogen) atoms. The lowest BCUT2D eigenvalue weighted by molar-refractivity contribution is 0.0513. The number of pyridine rings is 2. The number of nitrogens with two attached hydrogens (primary N) is 3. The van der Waals surface area contributed by atoms with Crippen molar-refractivity contribution in [2.75, 3.05) is 137 Å². The normalized spacial score (nSPS) is 17.0. The van der Waals surface area contributed by atoms with Crippen LogP contribution < -0.4 is 33.2 Å². The van der Waals surface area contributed by atoms with Gasteiger partial charge in [-0.3, -0.25) is 14.6 Å². The summed E-state index contributed by atoms with van der Waals surface area (Å²) < 4.78 is 45.8. The number of likely N-dealkylation sites (N-methyl/N-ethyl adjacent to an activating group) is 4. The molecule has 568 valence electrons. The van der Waals surface area contributed by atoms with Crippen molar-refractivity contribution in [3.05, 3.63) is 96.7 Å². The highest BCUT2D eigenvalue weighted by Gasteiger charge is 2.27. The van der Waals surface area contributed by atoms with Gasteiger partial charge in [0.25, 0.3) is 0 Å². The summed E-state index contributed by atoms with van der Waals surface area (Å²) in [5.41, 5.74) is 22.7. The number of halogens is 1. The van der Waals surface area contributed by atoms with Crippen molar-refractivity contribution < 1.29 is 61.5 Å². The van der Waals surface area contributed by atoms with E-state index in [2.05, 4.69) is 103 Å². The highest BCUT2D eigenvalue weighted by molar-refractivity contribution is 9.09. The largest absolute Gasteiger partial charge is 0.476 e. The lowest BCUT2D eigenvalue weighted by Crippen LogP contribution is -2.40. The molecule has 33 heteroatoms. The smallest absolute Gasteiger partial charge is 0.407 e. The lowest BCUT2D eigenvalue weighted by atomic mass is 10.1. The predicted molar refractivity (Wildman–Crippen MR) is 397 cm³/mol. The van der Waals surface area contributed by atoms with Crippen LogP contribution in [0.2, 0.25) is 0 Å². The molecule has 0 spiro atoms. The number of ketones is 1. The van der Waals surface area contributed by atoms with Gasteiger partial charge in [-0.25, -0.2) is 54.3 Å². The van der Waals surface area contributed by atoms with Gasteiger partial charge in [0, 0.05) is 142 Å². The fourth-order valence-electron chi connectivity index (χ4n) is 11.0. The highest BCUT2D eigenvalue weighted by atomic mass is 79.9. The molecule has 0 aliphatic carbocycles. The summed E-state index contributed by atoms with van der Waals surface area (Å²) in [4.78, 5) is 87.9. The summed E-state index contributed by atoms with van der Waals surface area (Å²) in [6.07, 6.45) is 17.9. The molecule has 4 atom stereocenters. The maximum absolute atomic E-state index is 13.1. The molecule has 4 aliphatic rings. The van der Waals surface area contributed by atoms with Crippen molar-refractivity contribution in [2.45, 2.75) is 129 Å². The van der Waals surface area contributed by atoms with Gasteiger partial charge < -0.3 is 89.2 Å². The Hall–Kier alpha value is -8.64. The molecule has 2 amide bonds. The number of ether oxygens (including phenoxy) is 6. The molecule has 10 N–H and O–H groups in total. The number of carbonyl (C=O) groups is 4. The van der Waals surface area contributed by atoms with Gasteiger partial charge in [0.2, 0.25) is 11.8 Å². The predicted octanol–water partition coefficient (Wildman–Crippen LogP) is 7.85. The standard InChI is InChI=1S/C24H27N7O3.C16H12N6O3.C12H24N2O3.C7H14BrNO2.C7H16N2O.C5H11NO/c1-15-12-27-19-6-5-16(13-31(15)19)20-22(24-26-8-11-34-24)29-23(25)21(28-20)18(32)4-3-9-30(2)17-7-10-33-14-17;1-8-6-19-10-3-2-9(7-22(8)10)11-12(15-18-4-5-25-15)21-14(17)13(20-11)16(23)24;1-12(2,3)17-11(15)13-6-7-14(4)10-5-8-16-9-10;1-7(2,3)11-6(10)9-5-4-8;1-9(4-3-8)7-2-5-10-6-7;1-6-5-2-3-7-4-5/h5-6,8,11-13,17H,3-4,7,9-10,14H2,1-2H3,(H2,25,29);2-7H,1H3,(H2,17,21)(H,23,24);10H,5-9H2,1-4H3,(H,13,15);4-5H2,1-3H3,(H,9,10);7H,2-6,8H2,1H3;5-6H,2-4H2,1H3. The van der Waals surface area contributed by atoms with E-state index in [4.69, 9.17) is 59.4 Å². The van der Waals surface area contributed by atoms with Crippen molar-refractivity contribution in [1.82, 2.24) is 79.3 Å². The van der Waals surface area contributed by atoms with Gasteiger partial charge in [0.05, 0.1) is 38.8 Å². The van der Waals surface area contributed by atoms with E-state index in [1.54, 1.807) is 30.7 Å².